The normalized spacial score (nSPS) is 11.5. The first kappa shape index (κ1) is 40.8. The standard InChI is InChI=1S/C40H74O2/c1-4-6-8-10-12-14-16-18-20-21-22-24-26-28-30-32-34-36-38-42-40(41)39(3)37-35-33-31-29-27-25-23-19-17-15-13-11-9-7-5-2/h37H,4-35H2,1-3H3/b39-37+. The second kappa shape index (κ2) is 36.0. The smallest absolute Gasteiger partial charge is 0.347 e. The maximum absolute atomic E-state index is 12.1. The molecule has 0 saturated carbocycles. The second-order valence-corrected chi connectivity index (χ2v) is 13.0. The quantitative estimate of drug-likeness (QED) is 0.0339. The van der Waals surface area contributed by atoms with Crippen molar-refractivity contribution in [3.63, 3.8) is 0 Å². The Morgan fingerprint density at radius 2 is 0.786 bits per heavy atom. The van der Waals surface area contributed by atoms with E-state index >= 15 is 0 Å². The lowest BCUT2D eigenvalue weighted by molar-refractivity contribution is -0.132. The van der Waals surface area contributed by atoms with Crippen molar-refractivity contribution in [2.45, 2.75) is 226 Å². The molecule has 42 heavy (non-hydrogen) atoms. The Balaban J connectivity index is 3.42. The minimum absolute atomic E-state index is 0.278. The summed E-state index contributed by atoms with van der Waals surface area (Å²) in [7, 11) is 0. The fraction of sp³-hybridized carbons (Fsp3) is 0.875. The van der Waals surface area contributed by atoms with Gasteiger partial charge in [0.15, 0.2) is 0 Å². The molecule has 0 amide bonds. The van der Waals surface area contributed by atoms with Crippen LogP contribution in [0.1, 0.15) is 226 Å². The zero-order valence-corrected chi connectivity index (χ0v) is 29.0. The Kier molecular flexibility index (Phi) is 34.9. The number of carbonyl (C=O) groups excluding carboxylic acids is 1. The molecule has 0 aromatic carbocycles. The van der Waals surface area contributed by atoms with E-state index in [0.29, 0.717) is 5.57 Å². The SMILES string of the molecule is CCCCCCCCCCCCCCCC/C=C(\C)C(=O)OC#CCCCCCCCCCCCCCCCCCC. The third kappa shape index (κ3) is 33.3. The number of rotatable bonds is 32. The summed E-state index contributed by atoms with van der Waals surface area (Å²) in [6.45, 7) is 6.42. The van der Waals surface area contributed by atoms with Crippen LogP contribution in [-0.2, 0) is 9.53 Å². The zero-order chi connectivity index (χ0) is 30.6. The lowest BCUT2D eigenvalue weighted by Gasteiger charge is -2.03. The summed E-state index contributed by atoms with van der Waals surface area (Å²) in [5.41, 5.74) is 0.696. The Labute approximate surface area is 265 Å². The van der Waals surface area contributed by atoms with E-state index < -0.39 is 0 Å². The predicted molar refractivity (Wildman–Crippen MR) is 187 cm³/mol. The van der Waals surface area contributed by atoms with Gasteiger partial charge in [0.05, 0.1) is 0 Å². The molecule has 0 aromatic rings. The first-order chi connectivity index (χ1) is 20.7. The molecular weight excluding hydrogens is 512 g/mol. The molecule has 0 aromatic heterocycles. The van der Waals surface area contributed by atoms with Crippen LogP contribution in [0.4, 0.5) is 0 Å². The van der Waals surface area contributed by atoms with Crippen LogP contribution in [0.2, 0.25) is 0 Å². The Morgan fingerprint density at radius 1 is 0.476 bits per heavy atom. The van der Waals surface area contributed by atoms with Crippen molar-refractivity contribution >= 4 is 5.97 Å². The third-order valence-electron chi connectivity index (χ3n) is 8.70. The van der Waals surface area contributed by atoms with Crippen molar-refractivity contribution in [2.24, 2.45) is 0 Å². The molecule has 0 aliphatic carbocycles. The summed E-state index contributed by atoms with van der Waals surface area (Å²) in [4.78, 5) is 12.1. The van der Waals surface area contributed by atoms with Gasteiger partial charge >= 0.3 is 5.97 Å². The van der Waals surface area contributed by atoms with Crippen LogP contribution >= 0.6 is 0 Å². The number of carbonyl (C=O) groups is 1. The molecule has 0 N–H and O–H groups in total. The monoisotopic (exact) mass is 587 g/mol. The molecule has 0 rings (SSSR count). The van der Waals surface area contributed by atoms with Gasteiger partial charge in [0, 0.05) is 12.0 Å². The van der Waals surface area contributed by atoms with Gasteiger partial charge in [-0.3, -0.25) is 0 Å². The number of unbranched alkanes of at least 4 members (excludes halogenated alkanes) is 30. The molecule has 0 saturated heterocycles. The number of hydrogen-bond acceptors (Lipinski definition) is 2. The van der Waals surface area contributed by atoms with Crippen molar-refractivity contribution in [1.82, 2.24) is 0 Å². The first-order valence-corrected chi connectivity index (χ1v) is 19.1. The molecule has 0 radical (unpaired) electrons. The van der Waals surface area contributed by atoms with Gasteiger partial charge in [-0.25, -0.2) is 4.79 Å². The molecule has 246 valence electrons. The van der Waals surface area contributed by atoms with E-state index in [1.165, 1.54) is 180 Å². The van der Waals surface area contributed by atoms with E-state index in [-0.39, 0.29) is 5.97 Å². The molecular formula is C40H74O2. The molecule has 0 fully saturated rings. The van der Waals surface area contributed by atoms with E-state index in [1.807, 2.05) is 13.0 Å². The highest BCUT2D eigenvalue weighted by Crippen LogP contribution is 2.15. The van der Waals surface area contributed by atoms with Crippen LogP contribution < -0.4 is 0 Å². The van der Waals surface area contributed by atoms with Crippen molar-refractivity contribution in [2.75, 3.05) is 0 Å². The zero-order valence-electron chi connectivity index (χ0n) is 29.0. The summed E-state index contributed by atoms with van der Waals surface area (Å²) in [6, 6.07) is 0. The number of hydrogen-bond donors (Lipinski definition) is 0. The average molecular weight is 587 g/mol. The van der Waals surface area contributed by atoms with Crippen molar-refractivity contribution in [1.29, 1.82) is 0 Å². The van der Waals surface area contributed by atoms with Gasteiger partial charge in [-0.1, -0.05) is 206 Å². The topological polar surface area (TPSA) is 26.3 Å². The third-order valence-corrected chi connectivity index (χ3v) is 8.70. The average Bonchev–Trinajstić information content (AvgIpc) is 3.00. The molecule has 2 heteroatoms. The predicted octanol–water partition coefficient (Wildman–Crippen LogP) is 14.0. The van der Waals surface area contributed by atoms with Gasteiger partial charge in [-0.05, 0) is 26.2 Å². The maximum Gasteiger partial charge on any atom is 0.347 e. The molecule has 0 aliphatic heterocycles. The Bertz CT molecular complexity index is 638. The van der Waals surface area contributed by atoms with E-state index in [0.717, 1.165) is 25.7 Å². The van der Waals surface area contributed by atoms with Crippen LogP contribution in [0.3, 0.4) is 0 Å². The van der Waals surface area contributed by atoms with Crippen LogP contribution in [0.25, 0.3) is 0 Å². The fourth-order valence-electron chi connectivity index (χ4n) is 5.72. The van der Waals surface area contributed by atoms with E-state index in [4.69, 9.17) is 4.74 Å². The Hall–Kier alpha value is -1.23. The molecule has 0 unspecified atom stereocenters. The molecule has 2 nitrogen and oxygen atoms in total. The molecule has 0 atom stereocenters. The Morgan fingerprint density at radius 3 is 1.14 bits per heavy atom. The summed E-state index contributed by atoms with van der Waals surface area (Å²) in [5, 5.41) is 0. The summed E-state index contributed by atoms with van der Waals surface area (Å²) in [5.74, 6) is 2.74. The van der Waals surface area contributed by atoms with Gasteiger partial charge in [0.2, 0.25) is 0 Å². The minimum atomic E-state index is -0.278. The van der Waals surface area contributed by atoms with Gasteiger partial charge in [0.25, 0.3) is 0 Å². The van der Waals surface area contributed by atoms with Crippen LogP contribution in [0, 0.1) is 12.0 Å². The highest BCUT2D eigenvalue weighted by molar-refractivity contribution is 5.88. The van der Waals surface area contributed by atoms with E-state index in [1.54, 1.807) is 0 Å². The molecule has 0 aliphatic rings. The lowest BCUT2D eigenvalue weighted by atomic mass is 10.0. The van der Waals surface area contributed by atoms with Gasteiger partial charge < -0.3 is 4.74 Å². The number of esters is 1. The first-order valence-electron chi connectivity index (χ1n) is 19.1. The minimum Gasteiger partial charge on any atom is -0.369 e. The van der Waals surface area contributed by atoms with E-state index in [9.17, 15) is 4.79 Å². The highest BCUT2D eigenvalue weighted by atomic mass is 16.5. The largest absolute Gasteiger partial charge is 0.369 e. The summed E-state index contributed by atoms with van der Waals surface area (Å²) < 4.78 is 5.14. The molecule has 0 bridgehead atoms. The van der Waals surface area contributed by atoms with Crippen molar-refractivity contribution in [3.05, 3.63) is 11.6 Å². The number of ether oxygens (including phenoxy) is 1. The fourth-order valence-corrected chi connectivity index (χ4v) is 5.72. The maximum atomic E-state index is 12.1. The molecule has 0 heterocycles. The lowest BCUT2D eigenvalue weighted by Crippen LogP contribution is -2.01. The van der Waals surface area contributed by atoms with E-state index in [2.05, 4.69) is 25.9 Å². The van der Waals surface area contributed by atoms with Gasteiger partial charge in [-0.2, -0.15) is 0 Å². The number of allylic oxidation sites excluding steroid dienone is 1. The van der Waals surface area contributed by atoms with Crippen LogP contribution in [-0.4, -0.2) is 5.97 Å². The van der Waals surface area contributed by atoms with Crippen molar-refractivity contribution < 1.29 is 9.53 Å². The second-order valence-electron chi connectivity index (χ2n) is 13.0. The van der Waals surface area contributed by atoms with Crippen LogP contribution in [0.15, 0.2) is 11.6 Å². The highest BCUT2D eigenvalue weighted by Gasteiger charge is 2.03. The van der Waals surface area contributed by atoms with Gasteiger partial charge in [-0.15, -0.1) is 0 Å². The summed E-state index contributed by atoms with van der Waals surface area (Å²) in [6.07, 6.45) is 47.7. The summed E-state index contributed by atoms with van der Waals surface area (Å²) >= 11 is 0. The van der Waals surface area contributed by atoms with Gasteiger partial charge in [0.1, 0.15) is 6.11 Å². The molecule has 0 spiro atoms. The van der Waals surface area contributed by atoms with Crippen molar-refractivity contribution in [3.8, 4) is 12.0 Å². The van der Waals surface area contributed by atoms with Crippen LogP contribution in [0.5, 0.6) is 0 Å².